The van der Waals surface area contributed by atoms with Crippen LogP contribution in [0.1, 0.15) is 23.2 Å². The van der Waals surface area contributed by atoms with E-state index in [0.29, 0.717) is 5.65 Å². The smallest absolute Gasteiger partial charge is 0.375 e. The first-order chi connectivity index (χ1) is 6.72. The first-order valence-corrected chi connectivity index (χ1v) is 4.30. The van der Waals surface area contributed by atoms with Gasteiger partial charge in [0, 0.05) is 5.69 Å². The largest absolute Gasteiger partial charge is 0.475 e. The SMILES string of the molecule is CCc1cccc2nc(C(=O)O)nn12. The summed E-state index contributed by atoms with van der Waals surface area (Å²) >= 11 is 0. The summed E-state index contributed by atoms with van der Waals surface area (Å²) in [4.78, 5) is 14.5. The van der Waals surface area contributed by atoms with Crippen LogP contribution in [0.5, 0.6) is 0 Å². The summed E-state index contributed by atoms with van der Waals surface area (Å²) in [6, 6.07) is 5.47. The lowest BCUT2D eigenvalue weighted by Crippen LogP contribution is -2.01. The highest BCUT2D eigenvalue weighted by molar-refractivity contribution is 5.83. The number of rotatable bonds is 2. The second kappa shape index (κ2) is 3.10. The predicted molar refractivity (Wildman–Crippen MR) is 49.3 cm³/mol. The molecule has 2 aromatic heterocycles. The number of hydrogen-bond donors (Lipinski definition) is 1. The van der Waals surface area contributed by atoms with Gasteiger partial charge in [-0.05, 0) is 18.6 Å². The summed E-state index contributed by atoms with van der Waals surface area (Å²) < 4.78 is 1.56. The lowest BCUT2D eigenvalue weighted by Gasteiger charge is -1.97. The molecule has 0 atom stereocenters. The number of carboxylic acid groups (broad SMARTS) is 1. The molecule has 0 aliphatic heterocycles. The molecule has 0 saturated heterocycles. The molecule has 0 spiro atoms. The topological polar surface area (TPSA) is 67.5 Å². The summed E-state index contributed by atoms with van der Waals surface area (Å²) in [6.07, 6.45) is 0.791. The number of carbonyl (C=O) groups is 1. The molecule has 0 unspecified atom stereocenters. The Morgan fingerprint density at radius 1 is 1.57 bits per heavy atom. The molecular weight excluding hydrogens is 182 g/mol. The van der Waals surface area contributed by atoms with Gasteiger partial charge >= 0.3 is 5.97 Å². The average Bonchev–Trinajstić information content (AvgIpc) is 2.60. The minimum absolute atomic E-state index is 0.161. The van der Waals surface area contributed by atoms with Crippen LogP contribution in [0.3, 0.4) is 0 Å². The number of carboxylic acids is 1. The van der Waals surface area contributed by atoms with Crippen LogP contribution in [-0.4, -0.2) is 25.7 Å². The molecule has 2 heterocycles. The molecule has 1 N–H and O–H groups in total. The predicted octanol–water partition coefficient (Wildman–Crippen LogP) is 0.990. The minimum Gasteiger partial charge on any atom is -0.475 e. The van der Waals surface area contributed by atoms with Crippen LogP contribution in [0, 0.1) is 0 Å². The minimum atomic E-state index is -1.10. The zero-order valence-corrected chi connectivity index (χ0v) is 7.64. The molecule has 72 valence electrons. The van der Waals surface area contributed by atoms with E-state index in [1.54, 1.807) is 10.6 Å². The molecule has 5 nitrogen and oxygen atoms in total. The van der Waals surface area contributed by atoms with Gasteiger partial charge in [0.05, 0.1) is 0 Å². The van der Waals surface area contributed by atoms with Gasteiger partial charge in [0.15, 0.2) is 5.65 Å². The normalized spacial score (nSPS) is 10.6. The molecule has 0 saturated carbocycles. The number of aromatic nitrogens is 3. The third-order valence-corrected chi connectivity index (χ3v) is 1.99. The van der Waals surface area contributed by atoms with E-state index in [9.17, 15) is 4.79 Å². The van der Waals surface area contributed by atoms with Crippen molar-refractivity contribution in [2.75, 3.05) is 0 Å². The summed E-state index contributed by atoms with van der Waals surface area (Å²) in [5.74, 6) is -1.26. The monoisotopic (exact) mass is 191 g/mol. The third kappa shape index (κ3) is 1.22. The van der Waals surface area contributed by atoms with Gasteiger partial charge in [-0.2, -0.15) is 0 Å². The van der Waals surface area contributed by atoms with Crippen LogP contribution in [0.4, 0.5) is 0 Å². The van der Waals surface area contributed by atoms with Gasteiger partial charge in [0.25, 0.3) is 5.82 Å². The molecule has 0 radical (unpaired) electrons. The van der Waals surface area contributed by atoms with Crippen LogP contribution < -0.4 is 0 Å². The molecular formula is C9H9N3O2. The van der Waals surface area contributed by atoms with E-state index < -0.39 is 5.97 Å². The Bertz CT molecular complexity index is 490. The van der Waals surface area contributed by atoms with Crippen LogP contribution in [-0.2, 0) is 6.42 Å². The summed E-state index contributed by atoms with van der Waals surface area (Å²) in [7, 11) is 0. The molecule has 5 heteroatoms. The molecule has 0 amide bonds. The van der Waals surface area contributed by atoms with Gasteiger partial charge in [-0.15, -0.1) is 5.10 Å². The van der Waals surface area contributed by atoms with Crippen molar-refractivity contribution in [2.24, 2.45) is 0 Å². The number of aromatic carboxylic acids is 1. The average molecular weight is 191 g/mol. The molecule has 14 heavy (non-hydrogen) atoms. The first-order valence-electron chi connectivity index (χ1n) is 4.30. The number of aryl methyl sites for hydroxylation is 1. The fourth-order valence-corrected chi connectivity index (χ4v) is 1.32. The Hall–Kier alpha value is -1.91. The maximum absolute atomic E-state index is 10.6. The number of hydrogen-bond acceptors (Lipinski definition) is 3. The molecule has 0 aliphatic rings. The van der Waals surface area contributed by atoms with E-state index in [-0.39, 0.29) is 5.82 Å². The highest BCUT2D eigenvalue weighted by Crippen LogP contribution is 2.06. The van der Waals surface area contributed by atoms with Crippen molar-refractivity contribution in [1.82, 2.24) is 14.6 Å². The molecule has 0 aliphatic carbocycles. The zero-order chi connectivity index (χ0) is 10.1. The van der Waals surface area contributed by atoms with Crippen molar-refractivity contribution in [1.29, 1.82) is 0 Å². The molecule has 0 fully saturated rings. The molecule has 0 bridgehead atoms. The summed E-state index contributed by atoms with van der Waals surface area (Å²) in [6.45, 7) is 1.98. The van der Waals surface area contributed by atoms with Crippen molar-refractivity contribution in [3.8, 4) is 0 Å². The van der Waals surface area contributed by atoms with Crippen LogP contribution >= 0.6 is 0 Å². The highest BCUT2D eigenvalue weighted by Gasteiger charge is 2.11. The van der Waals surface area contributed by atoms with Gasteiger partial charge in [-0.3, -0.25) is 0 Å². The Balaban J connectivity index is 2.70. The number of nitrogens with zero attached hydrogens (tertiary/aromatic N) is 3. The van der Waals surface area contributed by atoms with E-state index in [0.717, 1.165) is 12.1 Å². The van der Waals surface area contributed by atoms with E-state index in [2.05, 4.69) is 10.1 Å². The van der Waals surface area contributed by atoms with Gasteiger partial charge in [0.1, 0.15) is 0 Å². The Labute approximate surface area is 80.0 Å². The van der Waals surface area contributed by atoms with Crippen LogP contribution in [0.2, 0.25) is 0 Å². The van der Waals surface area contributed by atoms with Crippen molar-refractivity contribution < 1.29 is 9.90 Å². The van der Waals surface area contributed by atoms with Crippen molar-refractivity contribution >= 4 is 11.6 Å². The van der Waals surface area contributed by atoms with Crippen LogP contribution in [0.25, 0.3) is 5.65 Å². The third-order valence-electron chi connectivity index (χ3n) is 1.99. The molecule has 2 aromatic rings. The lowest BCUT2D eigenvalue weighted by molar-refractivity contribution is 0.0684. The van der Waals surface area contributed by atoms with E-state index in [1.165, 1.54) is 0 Å². The Kier molecular flexibility index (Phi) is 1.92. The van der Waals surface area contributed by atoms with Gasteiger partial charge in [0.2, 0.25) is 0 Å². The summed E-state index contributed by atoms with van der Waals surface area (Å²) in [5, 5.41) is 12.6. The maximum Gasteiger partial charge on any atom is 0.375 e. The first kappa shape index (κ1) is 8.68. The van der Waals surface area contributed by atoms with Crippen molar-refractivity contribution in [3.05, 3.63) is 29.7 Å². The second-order valence-corrected chi connectivity index (χ2v) is 2.88. The lowest BCUT2D eigenvalue weighted by atomic mass is 10.3. The second-order valence-electron chi connectivity index (χ2n) is 2.88. The van der Waals surface area contributed by atoms with Crippen molar-refractivity contribution in [2.45, 2.75) is 13.3 Å². The quantitative estimate of drug-likeness (QED) is 0.768. The van der Waals surface area contributed by atoms with Crippen LogP contribution in [0.15, 0.2) is 18.2 Å². The number of pyridine rings is 1. The zero-order valence-electron chi connectivity index (χ0n) is 7.64. The maximum atomic E-state index is 10.6. The fourth-order valence-electron chi connectivity index (χ4n) is 1.32. The summed E-state index contributed by atoms with van der Waals surface area (Å²) in [5.41, 5.74) is 1.52. The Morgan fingerprint density at radius 2 is 2.36 bits per heavy atom. The molecule has 0 aromatic carbocycles. The standard InChI is InChI=1S/C9H9N3O2/c1-2-6-4-3-5-7-10-8(9(13)14)11-12(6)7/h3-5H,2H2,1H3,(H,13,14). The van der Waals surface area contributed by atoms with E-state index >= 15 is 0 Å². The molecule has 2 rings (SSSR count). The van der Waals surface area contributed by atoms with Gasteiger partial charge in [-0.25, -0.2) is 14.3 Å². The number of fused-ring (bicyclic) bond motifs is 1. The van der Waals surface area contributed by atoms with Gasteiger partial charge < -0.3 is 5.11 Å². The van der Waals surface area contributed by atoms with E-state index in [1.807, 2.05) is 19.1 Å². The van der Waals surface area contributed by atoms with Crippen molar-refractivity contribution in [3.63, 3.8) is 0 Å². The highest BCUT2D eigenvalue weighted by atomic mass is 16.4. The van der Waals surface area contributed by atoms with Gasteiger partial charge in [-0.1, -0.05) is 13.0 Å². The van der Waals surface area contributed by atoms with E-state index in [4.69, 9.17) is 5.11 Å². The Morgan fingerprint density at radius 3 is 3.00 bits per heavy atom. The fraction of sp³-hybridized carbons (Fsp3) is 0.222.